The van der Waals surface area contributed by atoms with Crippen LogP contribution in [0, 0.1) is 0 Å². The van der Waals surface area contributed by atoms with Crippen LogP contribution in [-0.4, -0.2) is 19.5 Å². The zero-order valence-electron chi connectivity index (χ0n) is 30.4. The summed E-state index contributed by atoms with van der Waals surface area (Å²) >= 11 is 3.65. The predicted octanol–water partition coefficient (Wildman–Crippen LogP) is 14.4. The molecule has 0 aliphatic carbocycles. The van der Waals surface area contributed by atoms with Crippen molar-refractivity contribution in [2.75, 3.05) is 0 Å². The van der Waals surface area contributed by atoms with Crippen molar-refractivity contribution >= 4 is 84.8 Å². The summed E-state index contributed by atoms with van der Waals surface area (Å²) in [6, 6.07) is 64.9. The van der Waals surface area contributed by atoms with Crippen LogP contribution in [0.5, 0.6) is 0 Å². The third kappa shape index (κ3) is 5.22. The quantitative estimate of drug-likeness (QED) is 0.175. The lowest BCUT2D eigenvalue weighted by Gasteiger charge is -2.12. The maximum Gasteiger partial charge on any atom is 0.164 e. The van der Waals surface area contributed by atoms with Gasteiger partial charge in [-0.1, -0.05) is 127 Å². The van der Waals surface area contributed by atoms with Crippen molar-refractivity contribution in [3.05, 3.63) is 182 Å². The van der Waals surface area contributed by atoms with E-state index in [1.54, 1.807) is 11.3 Å². The van der Waals surface area contributed by atoms with Gasteiger partial charge in [0.2, 0.25) is 0 Å². The topological polar surface area (TPSA) is 43.6 Å². The van der Waals surface area contributed by atoms with E-state index >= 15 is 0 Å². The summed E-state index contributed by atoms with van der Waals surface area (Å²) in [4.78, 5) is 15.8. The molecule has 12 aromatic rings. The highest BCUT2D eigenvalue weighted by Crippen LogP contribution is 2.42. The Hall–Kier alpha value is -6.99. The van der Waals surface area contributed by atoms with Crippen LogP contribution in [0.4, 0.5) is 0 Å². The fraction of sp³-hybridized carbons (Fsp3) is 0. The molecule has 0 saturated heterocycles. The minimum Gasteiger partial charge on any atom is -0.309 e. The first-order valence-electron chi connectivity index (χ1n) is 19.0. The zero-order valence-corrected chi connectivity index (χ0v) is 32.1. The van der Waals surface area contributed by atoms with E-state index in [9.17, 15) is 0 Å². The molecule has 0 bridgehead atoms. The molecule has 57 heavy (non-hydrogen) atoms. The number of aromatic nitrogens is 4. The van der Waals surface area contributed by atoms with Crippen LogP contribution in [0.3, 0.4) is 0 Å². The number of nitrogens with zero attached hydrogens (tertiary/aromatic N) is 4. The summed E-state index contributed by atoms with van der Waals surface area (Å²) in [5.41, 5.74) is 8.52. The van der Waals surface area contributed by atoms with Gasteiger partial charge >= 0.3 is 0 Å². The van der Waals surface area contributed by atoms with E-state index in [-0.39, 0.29) is 0 Å². The second kappa shape index (κ2) is 12.8. The number of hydrogen-bond acceptors (Lipinski definition) is 5. The van der Waals surface area contributed by atoms with Gasteiger partial charge in [-0.05, 0) is 65.7 Å². The average molecular weight is 763 g/mol. The molecule has 0 aliphatic rings. The third-order valence-corrected chi connectivity index (χ3v) is 13.3. The Kier molecular flexibility index (Phi) is 7.24. The monoisotopic (exact) mass is 762 g/mol. The van der Waals surface area contributed by atoms with Crippen molar-refractivity contribution in [2.24, 2.45) is 0 Å². The molecule has 4 heterocycles. The van der Waals surface area contributed by atoms with Crippen LogP contribution in [0.25, 0.3) is 113 Å². The van der Waals surface area contributed by atoms with E-state index in [1.165, 1.54) is 56.6 Å². The Bertz CT molecular complexity index is 3540. The number of rotatable bonds is 5. The molecular formula is C51H30N4S2. The first-order chi connectivity index (χ1) is 28.2. The summed E-state index contributed by atoms with van der Waals surface area (Å²) in [7, 11) is 0. The standard InChI is InChI=1S/C51H30N4S2/c1-2-13-31(14-3-1)32-15-10-16-33(27-32)49-52-50(54-51(53-49)39-22-12-26-46-48(39)38-21-6-9-25-45(38)56-46)34-17-11-18-35(28-34)55-42-23-7-4-19-36(42)40-29-41-37-20-5-8-24-44(37)57-47(41)30-43(40)55/h1-30H. The van der Waals surface area contributed by atoms with Crippen molar-refractivity contribution in [2.45, 2.75) is 0 Å². The van der Waals surface area contributed by atoms with E-state index in [4.69, 9.17) is 15.0 Å². The van der Waals surface area contributed by atoms with Crippen molar-refractivity contribution in [3.8, 4) is 51.0 Å². The lowest BCUT2D eigenvalue weighted by Crippen LogP contribution is -2.01. The summed E-state index contributed by atoms with van der Waals surface area (Å²) < 4.78 is 7.44. The highest BCUT2D eigenvalue weighted by molar-refractivity contribution is 7.26. The predicted molar refractivity (Wildman–Crippen MR) is 242 cm³/mol. The second-order valence-electron chi connectivity index (χ2n) is 14.4. The van der Waals surface area contributed by atoms with Gasteiger partial charge < -0.3 is 4.57 Å². The Morgan fingerprint density at radius 3 is 1.77 bits per heavy atom. The molecule has 0 N–H and O–H groups in total. The van der Waals surface area contributed by atoms with E-state index in [1.807, 2.05) is 17.4 Å². The molecule has 0 atom stereocenters. The zero-order chi connectivity index (χ0) is 37.5. The fourth-order valence-corrected chi connectivity index (χ4v) is 10.7. The molecule has 4 nitrogen and oxygen atoms in total. The van der Waals surface area contributed by atoms with E-state index < -0.39 is 0 Å². The van der Waals surface area contributed by atoms with Crippen LogP contribution < -0.4 is 0 Å². The molecule has 0 aliphatic heterocycles. The fourth-order valence-electron chi connectivity index (χ4n) is 8.43. The van der Waals surface area contributed by atoms with Gasteiger partial charge in [0, 0.05) is 73.5 Å². The van der Waals surface area contributed by atoms with Crippen LogP contribution in [0.1, 0.15) is 0 Å². The van der Waals surface area contributed by atoms with Gasteiger partial charge in [0.25, 0.3) is 0 Å². The number of hydrogen-bond donors (Lipinski definition) is 0. The average Bonchev–Trinajstić information content (AvgIpc) is 3.95. The van der Waals surface area contributed by atoms with E-state index in [2.05, 4.69) is 180 Å². The molecule has 0 radical (unpaired) electrons. The number of fused-ring (bicyclic) bond motifs is 9. The Morgan fingerprint density at radius 2 is 0.930 bits per heavy atom. The summed E-state index contributed by atoms with van der Waals surface area (Å²) in [6.07, 6.45) is 0. The third-order valence-electron chi connectivity index (χ3n) is 11.0. The maximum atomic E-state index is 5.30. The van der Waals surface area contributed by atoms with Crippen LogP contribution in [0.2, 0.25) is 0 Å². The molecule has 266 valence electrons. The molecule has 8 aromatic carbocycles. The maximum absolute atomic E-state index is 5.30. The number of para-hydroxylation sites is 1. The van der Waals surface area contributed by atoms with Gasteiger partial charge in [0.05, 0.1) is 11.0 Å². The molecule has 0 unspecified atom stereocenters. The Labute approximate surface area is 335 Å². The molecule has 4 aromatic heterocycles. The lowest BCUT2D eigenvalue weighted by molar-refractivity contribution is 1.07. The lowest BCUT2D eigenvalue weighted by atomic mass is 10.0. The van der Waals surface area contributed by atoms with Crippen LogP contribution in [-0.2, 0) is 0 Å². The largest absolute Gasteiger partial charge is 0.309 e. The molecular weight excluding hydrogens is 733 g/mol. The molecule has 12 rings (SSSR count). The molecule has 0 saturated carbocycles. The van der Waals surface area contributed by atoms with Gasteiger partial charge in [-0.2, -0.15) is 0 Å². The van der Waals surface area contributed by atoms with Gasteiger partial charge in [0.15, 0.2) is 17.5 Å². The summed E-state index contributed by atoms with van der Waals surface area (Å²) in [5, 5.41) is 7.46. The second-order valence-corrected chi connectivity index (χ2v) is 16.6. The Balaban J connectivity index is 1.08. The van der Waals surface area contributed by atoms with Crippen molar-refractivity contribution < 1.29 is 0 Å². The van der Waals surface area contributed by atoms with Crippen molar-refractivity contribution in [1.82, 2.24) is 19.5 Å². The van der Waals surface area contributed by atoms with Gasteiger partial charge in [-0.25, -0.2) is 15.0 Å². The van der Waals surface area contributed by atoms with Gasteiger partial charge in [-0.3, -0.25) is 0 Å². The Morgan fingerprint density at radius 1 is 0.333 bits per heavy atom. The van der Waals surface area contributed by atoms with Crippen molar-refractivity contribution in [1.29, 1.82) is 0 Å². The first kappa shape index (κ1) is 32.3. The van der Waals surface area contributed by atoms with Crippen LogP contribution in [0.15, 0.2) is 182 Å². The smallest absolute Gasteiger partial charge is 0.164 e. The normalized spacial score (nSPS) is 11.9. The molecule has 6 heteroatoms. The van der Waals surface area contributed by atoms with E-state index in [0.29, 0.717) is 17.5 Å². The van der Waals surface area contributed by atoms with Crippen molar-refractivity contribution in [3.63, 3.8) is 0 Å². The van der Waals surface area contributed by atoms with Gasteiger partial charge in [0.1, 0.15) is 0 Å². The highest BCUT2D eigenvalue weighted by Gasteiger charge is 2.19. The SMILES string of the molecule is c1ccc(-c2cccc(-c3nc(-c4cccc(-n5c6ccccc6c6cc7c(cc65)sc5ccccc57)c4)nc(-c4cccc5sc6ccccc6c45)n3)c2)cc1. The van der Waals surface area contributed by atoms with Gasteiger partial charge in [-0.15, -0.1) is 22.7 Å². The summed E-state index contributed by atoms with van der Waals surface area (Å²) in [6.45, 7) is 0. The molecule has 0 fully saturated rings. The number of thiophene rings is 2. The molecule has 0 spiro atoms. The van der Waals surface area contributed by atoms with E-state index in [0.717, 1.165) is 39.0 Å². The first-order valence-corrected chi connectivity index (χ1v) is 20.6. The molecule has 0 amide bonds. The number of benzene rings is 8. The highest BCUT2D eigenvalue weighted by atomic mass is 32.1. The minimum absolute atomic E-state index is 0.631. The summed E-state index contributed by atoms with van der Waals surface area (Å²) in [5.74, 6) is 1.92. The van der Waals surface area contributed by atoms with Crippen LogP contribution >= 0.6 is 22.7 Å². The minimum atomic E-state index is 0.631.